The Kier molecular flexibility index (Phi) is 7.78. The fourth-order valence-corrected chi connectivity index (χ4v) is 6.94. The van der Waals surface area contributed by atoms with Gasteiger partial charge >= 0.3 is 0 Å². The Labute approximate surface area is 289 Å². The largest absolute Gasteiger partial charge is 0.294 e. The van der Waals surface area contributed by atoms with Crippen LogP contribution in [0.3, 0.4) is 0 Å². The highest BCUT2D eigenvalue weighted by molar-refractivity contribution is 6.22. The summed E-state index contributed by atoms with van der Waals surface area (Å²) in [5, 5.41) is 4.75. The molecule has 0 bridgehead atoms. The lowest BCUT2D eigenvalue weighted by Crippen LogP contribution is -2.15. The Hall–Kier alpha value is -5.99. The average molecular weight is 631 g/mol. The van der Waals surface area contributed by atoms with Crippen molar-refractivity contribution in [2.75, 3.05) is 4.90 Å². The number of rotatable bonds is 6. The van der Waals surface area contributed by atoms with E-state index in [0.717, 1.165) is 17.2 Å². The minimum absolute atomic E-state index is 0.0110. The third kappa shape index (κ3) is 5.76. The summed E-state index contributed by atoms with van der Waals surface area (Å²) in [5.74, 6) is 0.889. The highest BCUT2D eigenvalue weighted by Crippen LogP contribution is 2.48. The molecule has 0 saturated carbocycles. The van der Waals surface area contributed by atoms with Crippen LogP contribution in [0.2, 0.25) is 0 Å². The van der Waals surface area contributed by atoms with E-state index in [0.29, 0.717) is 0 Å². The van der Waals surface area contributed by atoms with Gasteiger partial charge in [-0.1, -0.05) is 154 Å². The molecule has 0 aliphatic heterocycles. The minimum atomic E-state index is 0.0110. The lowest BCUT2D eigenvalue weighted by molar-refractivity contribution is 0.587. The summed E-state index contributed by atoms with van der Waals surface area (Å²) in [7, 11) is 0. The molecule has 0 atom stereocenters. The van der Waals surface area contributed by atoms with E-state index in [1.165, 1.54) is 60.5 Å². The molecular weight excluding hydrogens is 593 g/mol. The number of aromatic nitrogens is 1. The average Bonchev–Trinajstić information content (AvgIpc) is 3.15. The maximum absolute atomic E-state index is 5.11. The Bertz CT molecular complexity index is 2270. The molecule has 1 heterocycles. The number of fused-ring (bicyclic) bond motifs is 2. The normalized spacial score (nSPS) is 11.6. The first kappa shape index (κ1) is 30.4. The zero-order valence-electron chi connectivity index (χ0n) is 28.1. The highest BCUT2D eigenvalue weighted by Gasteiger charge is 2.24. The predicted octanol–water partition coefficient (Wildman–Crippen LogP) is 13.2. The monoisotopic (exact) mass is 630 g/mol. The van der Waals surface area contributed by atoms with Crippen molar-refractivity contribution in [1.82, 2.24) is 4.98 Å². The summed E-state index contributed by atoms with van der Waals surface area (Å²) in [5.41, 5.74) is 10.6. The van der Waals surface area contributed by atoms with Crippen LogP contribution in [0.1, 0.15) is 26.3 Å². The molecule has 8 aromatic rings. The smallest absolute Gasteiger partial charge is 0.137 e. The molecule has 0 unspecified atom stereocenters. The number of pyridine rings is 1. The molecule has 0 saturated heterocycles. The van der Waals surface area contributed by atoms with Crippen LogP contribution in [0.5, 0.6) is 0 Å². The fourth-order valence-electron chi connectivity index (χ4n) is 6.94. The molecule has 8 rings (SSSR count). The van der Waals surface area contributed by atoms with E-state index in [9.17, 15) is 0 Å². The molecular formula is C47H38N2. The Balaban J connectivity index is 1.44. The van der Waals surface area contributed by atoms with Crippen molar-refractivity contribution in [3.63, 3.8) is 0 Å². The van der Waals surface area contributed by atoms with Gasteiger partial charge in [-0.15, -0.1) is 0 Å². The molecule has 0 radical (unpaired) electrons. The van der Waals surface area contributed by atoms with E-state index in [2.05, 4.69) is 196 Å². The third-order valence-electron chi connectivity index (χ3n) is 9.42. The molecule has 236 valence electrons. The van der Waals surface area contributed by atoms with Gasteiger partial charge in [-0.05, 0) is 91.5 Å². The van der Waals surface area contributed by atoms with Gasteiger partial charge in [0.2, 0.25) is 0 Å². The molecule has 0 aliphatic carbocycles. The minimum Gasteiger partial charge on any atom is -0.294 e. The van der Waals surface area contributed by atoms with Crippen LogP contribution in [0, 0.1) is 0 Å². The molecule has 0 N–H and O–H groups in total. The van der Waals surface area contributed by atoms with Crippen LogP contribution in [-0.4, -0.2) is 4.98 Å². The Morgan fingerprint density at radius 2 is 0.878 bits per heavy atom. The van der Waals surface area contributed by atoms with Crippen molar-refractivity contribution in [3.8, 4) is 33.4 Å². The maximum atomic E-state index is 5.11. The van der Waals surface area contributed by atoms with Crippen LogP contribution in [-0.2, 0) is 5.41 Å². The Morgan fingerprint density at radius 3 is 1.35 bits per heavy atom. The van der Waals surface area contributed by atoms with Gasteiger partial charge in [0.15, 0.2) is 0 Å². The fraction of sp³-hybridized carbons (Fsp3) is 0.0851. The van der Waals surface area contributed by atoms with Crippen molar-refractivity contribution in [2.24, 2.45) is 0 Å². The van der Waals surface area contributed by atoms with Crippen LogP contribution in [0.4, 0.5) is 17.2 Å². The molecule has 7 aromatic carbocycles. The summed E-state index contributed by atoms with van der Waals surface area (Å²) in [6.07, 6.45) is 2.03. The Morgan fingerprint density at radius 1 is 0.429 bits per heavy atom. The number of hydrogen-bond acceptors (Lipinski definition) is 2. The molecule has 0 fully saturated rings. The molecule has 2 heteroatoms. The van der Waals surface area contributed by atoms with E-state index < -0.39 is 0 Å². The van der Waals surface area contributed by atoms with Gasteiger partial charge in [-0.3, -0.25) is 4.90 Å². The van der Waals surface area contributed by atoms with Gasteiger partial charge in [-0.2, -0.15) is 0 Å². The second-order valence-corrected chi connectivity index (χ2v) is 13.7. The zero-order valence-corrected chi connectivity index (χ0v) is 28.1. The molecule has 0 amide bonds. The summed E-state index contributed by atoms with van der Waals surface area (Å²) < 4.78 is 0. The predicted molar refractivity (Wildman–Crippen MR) is 209 cm³/mol. The first-order valence-electron chi connectivity index (χ1n) is 17.0. The van der Waals surface area contributed by atoms with Gasteiger partial charge < -0.3 is 0 Å². The second-order valence-electron chi connectivity index (χ2n) is 13.7. The summed E-state index contributed by atoms with van der Waals surface area (Å²) in [6.45, 7) is 6.69. The number of anilines is 3. The highest BCUT2D eigenvalue weighted by atomic mass is 15.2. The van der Waals surface area contributed by atoms with Gasteiger partial charge in [0, 0.05) is 22.7 Å². The molecule has 1 aromatic heterocycles. The van der Waals surface area contributed by atoms with Crippen LogP contribution in [0.15, 0.2) is 176 Å². The quantitative estimate of drug-likeness (QED) is 0.170. The molecule has 2 nitrogen and oxygen atoms in total. The SMILES string of the molecule is CC(C)(C)c1ccc(N(c2ccccc2)c2c3ccccc3c(-c3cc(-c4ccccc4)cc(-c4ccccc4)c3)c3ccccc23)nc1. The van der Waals surface area contributed by atoms with Crippen LogP contribution in [0.25, 0.3) is 54.9 Å². The number of para-hydroxylation sites is 1. The van der Waals surface area contributed by atoms with E-state index in [4.69, 9.17) is 4.98 Å². The van der Waals surface area contributed by atoms with Crippen molar-refractivity contribution in [3.05, 3.63) is 182 Å². The van der Waals surface area contributed by atoms with Crippen molar-refractivity contribution in [2.45, 2.75) is 26.2 Å². The van der Waals surface area contributed by atoms with Crippen molar-refractivity contribution >= 4 is 38.7 Å². The van der Waals surface area contributed by atoms with Gasteiger partial charge in [-0.25, -0.2) is 4.98 Å². The van der Waals surface area contributed by atoms with Crippen LogP contribution >= 0.6 is 0 Å². The van der Waals surface area contributed by atoms with Crippen molar-refractivity contribution in [1.29, 1.82) is 0 Å². The first-order valence-corrected chi connectivity index (χ1v) is 17.0. The van der Waals surface area contributed by atoms with E-state index in [-0.39, 0.29) is 5.41 Å². The van der Waals surface area contributed by atoms with Crippen molar-refractivity contribution < 1.29 is 0 Å². The first-order chi connectivity index (χ1) is 24.0. The zero-order chi connectivity index (χ0) is 33.4. The lowest BCUT2D eigenvalue weighted by Gasteiger charge is -2.29. The van der Waals surface area contributed by atoms with Gasteiger partial charge in [0.1, 0.15) is 5.82 Å². The van der Waals surface area contributed by atoms with Crippen LogP contribution < -0.4 is 4.90 Å². The third-order valence-corrected chi connectivity index (χ3v) is 9.42. The standard InChI is InChI=1S/C47H38N2/c1-47(2,3)38-27-28-44(48-32-38)49(39-21-11-6-12-22-39)46-42-25-15-13-23-40(42)45(41-24-14-16-26-43(41)46)37-30-35(33-17-7-4-8-18-33)29-36(31-37)34-19-9-5-10-20-34/h4-32H,1-3H3. The van der Waals surface area contributed by atoms with Gasteiger partial charge in [0.05, 0.1) is 5.69 Å². The maximum Gasteiger partial charge on any atom is 0.137 e. The molecule has 49 heavy (non-hydrogen) atoms. The molecule has 0 aliphatic rings. The summed E-state index contributed by atoms with van der Waals surface area (Å²) in [6, 6.07) is 61.1. The lowest BCUT2D eigenvalue weighted by atomic mass is 9.87. The topological polar surface area (TPSA) is 16.1 Å². The van der Waals surface area contributed by atoms with E-state index in [1.807, 2.05) is 6.20 Å². The van der Waals surface area contributed by atoms with Gasteiger partial charge in [0.25, 0.3) is 0 Å². The number of nitrogens with zero attached hydrogens (tertiary/aromatic N) is 2. The number of benzene rings is 7. The van der Waals surface area contributed by atoms with E-state index >= 15 is 0 Å². The summed E-state index contributed by atoms with van der Waals surface area (Å²) >= 11 is 0. The second kappa shape index (κ2) is 12.6. The number of hydrogen-bond donors (Lipinski definition) is 0. The van der Waals surface area contributed by atoms with E-state index in [1.54, 1.807) is 0 Å². The molecule has 0 spiro atoms. The summed E-state index contributed by atoms with van der Waals surface area (Å²) in [4.78, 5) is 7.44.